The van der Waals surface area contributed by atoms with Crippen molar-refractivity contribution in [1.29, 1.82) is 0 Å². The summed E-state index contributed by atoms with van der Waals surface area (Å²) in [6.07, 6.45) is 0. The average molecular weight is 315 g/mol. The number of hydrogen-bond donors (Lipinski definition) is 3. The molecular weight excluding hydrogens is 297 g/mol. The molecule has 0 aromatic heterocycles. The quantitative estimate of drug-likeness (QED) is 0.792. The summed E-state index contributed by atoms with van der Waals surface area (Å²) < 4.78 is 12.9. The van der Waals surface area contributed by atoms with Crippen molar-refractivity contribution < 1.29 is 14.0 Å². The molecule has 0 saturated heterocycles. The molecule has 2 aromatic carbocycles. The highest BCUT2D eigenvalue weighted by Crippen LogP contribution is 2.26. The predicted molar refractivity (Wildman–Crippen MR) is 88.8 cm³/mol. The molecule has 0 aliphatic rings. The first-order valence-electron chi connectivity index (χ1n) is 7.11. The third kappa shape index (κ3) is 5.10. The van der Waals surface area contributed by atoms with Crippen LogP contribution >= 0.6 is 0 Å². The van der Waals surface area contributed by atoms with Crippen LogP contribution in [0, 0.1) is 5.82 Å². The number of hydrogen-bond acceptors (Lipinski definition) is 3. The minimum absolute atomic E-state index is 0.219. The number of rotatable bonds is 5. The van der Waals surface area contributed by atoms with Gasteiger partial charge in [0.15, 0.2) is 0 Å². The van der Waals surface area contributed by atoms with Crippen molar-refractivity contribution in [3.05, 3.63) is 53.8 Å². The zero-order valence-corrected chi connectivity index (χ0v) is 12.9. The summed E-state index contributed by atoms with van der Waals surface area (Å²) in [6, 6.07) is 11.4. The summed E-state index contributed by atoms with van der Waals surface area (Å²) in [5.41, 5.74) is 2.74. The van der Waals surface area contributed by atoms with E-state index in [4.69, 9.17) is 0 Å². The Kier molecular flexibility index (Phi) is 5.30. The van der Waals surface area contributed by atoms with Gasteiger partial charge in [-0.15, -0.1) is 0 Å². The van der Waals surface area contributed by atoms with Crippen LogP contribution in [0.25, 0.3) is 0 Å². The van der Waals surface area contributed by atoms with Gasteiger partial charge >= 0.3 is 0 Å². The van der Waals surface area contributed by atoms with E-state index in [1.54, 1.807) is 30.3 Å². The van der Waals surface area contributed by atoms with Gasteiger partial charge in [0.1, 0.15) is 5.82 Å². The molecule has 2 amide bonds. The maximum absolute atomic E-state index is 12.9. The van der Waals surface area contributed by atoms with Gasteiger partial charge in [-0.1, -0.05) is 12.1 Å². The largest absolute Gasteiger partial charge is 0.381 e. The van der Waals surface area contributed by atoms with Crippen molar-refractivity contribution in [2.75, 3.05) is 16.0 Å². The second-order valence-corrected chi connectivity index (χ2v) is 5.10. The normalized spacial score (nSPS) is 10.0. The van der Waals surface area contributed by atoms with Crippen molar-refractivity contribution >= 4 is 28.9 Å². The van der Waals surface area contributed by atoms with E-state index in [2.05, 4.69) is 16.0 Å². The van der Waals surface area contributed by atoms with E-state index in [1.165, 1.54) is 26.0 Å². The molecule has 6 heteroatoms. The van der Waals surface area contributed by atoms with Crippen LogP contribution in [0.3, 0.4) is 0 Å². The van der Waals surface area contributed by atoms with E-state index in [9.17, 15) is 14.0 Å². The summed E-state index contributed by atoms with van der Waals surface area (Å²) in [6.45, 7) is 3.31. The highest BCUT2D eigenvalue weighted by Gasteiger charge is 2.07. The maximum Gasteiger partial charge on any atom is 0.221 e. The van der Waals surface area contributed by atoms with Crippen LogP contribution in [0.15, 0.2) is 42.5 Å². The van der Waals surface area contributed by atoms with Crippen molar-refractivity contribution in [3.8, 4) is 0 Å². The first-order chi connectivity index (χ1) is 10.9. The van der Waals surface area contributed by atoms with Gasteiger partial charge in [-0.3, -0.25) is 9.59 Å². The monoisotopic (exact) mass is 315 g/mol. The molecule has 0 bridgehead atoms. The smallest absolute Gasteiger partial charge is 0.221 e. The molecule has 0 fully saturated rings. The van der Waals surface area contributed by atoms with Crippen LogP contribution in [0.1, 0.15) is 19.4 Å². The third-order valence-electron chi connectivity index (χ3n) is 3.05. The fraction of sp³-hybridized carbons (Fsp3) is 0.176. The highest BCUT2D eigenvalue weighted by molar-refractivity contribution is 5.98. The highest BCUT2D eigenvalue weighted by atomic mass is 19.1. The SMILES string of the molecule is CC(=O)Nc1ccc(NCc2ccc(F)cc2)cc1NC(C)=O. The molecule has 0 heterocycles. The second kappa shape index (κ2) is 7.40. The lowest BCUT2D eigenvalue weighted by Gasteiger charge is -2.13. The van der Waals surface area contributed by atoms with Gasteiger partial charge in [0.25, 0.3) is 0 Å². The molecule has 3 N–H and O–H groups in total. The number of amides is 2. The Morgan fingerprint density at radius 3 is 2.13 bits per heavy atom. The zero-order valence-electron chi connectivity index (χ0n) is 12.9. The first kappa shape index (κ1) is 16.5. The van der Waals surface area contributed by atoms with Crippen LogP contribution in [0.4, 0.5) is 21.5 Å². The minimum atomic E-state index is -0.277. The molecule has 2 aromatic rings. The molecule has 0 radical (unpaired) electrons. The van der Waals surface area contributed by atoms with Crippen LogP contribution in [0.2, 0.25) is 0 Å². The van der Waals surface area contributed by atoms with Gasteiger partial charge in [-0.25, -0.2) is 4.39 Å². The minimum Gasteiger partial charge on any atom is -0.381 e. The van der Waals surface area contributed by atoms with Gasteiger partial charge in [0.05, 0.1) is 11.4 Å². The number of halogens is 1. The standard InChI is InChI=1S/C17H18FN3O2/c1-11(22)20-16-8-7-15(9-17(16)21-12(2)23)19-10-13-3-5-14(18)6-4-13/h3-9,19H,10H2,1-2H3,(H,20,22)(H,21,23). The third-order valence-corrected chi connectivity index (χ3v) is 3.05. The number of anilines is 3. The predicted octanol–water partition coefficient (Wildman–Crippen LogP) is 3.35. The molecule has 0 saturated carbocycles. The summed E-state index contributed by atoms with van der Waals surface area (Å²) in [4.78, 5) is 22.5. The zero-order chi connectivity index (χ0) is 16.8. The van der Waals surface area contributed by atoms with E-state index < -0.39 is 0 Å². The van der Waals surface area contributed by atoms with E-state index in [-0.39, 0.29) is 17.6 Å². The Morgan fingerprint density at radius 1 is 0.913 bits per heavy atom. The van der Waals surface area contributed by atoms with Crippen LogP contribution in [-0.2, 0) is 16.1 Å². The summed E-state index contributed by atoms with van der Waals surface area (Å²) in [5, 5.41) is 8.53. The Bertz CT molecular complexity index is 714. The fourth-order valence-electron chi connectivity index (χ4n) is 2.05. The van der Waals surface area contributed by atoms with Gasteiger partial charge < -0.3 is 16.0 Å². The van der Waals surface area contributed by atoms with E-state index >= 15 is 0 Å². The molecule has 0 spiro atoms. The number of carbonyl (C=O) groups is 2. The second-order valence-electron chi connectivity index (χ2n) is 5.10. The first-order valence-corrected chi connectivity index (χ1v) is 7.11. The van der Waals surface area contributed by atoms with E-state index in [0.29, 0.717) is 17.9 Å². The van der Waals surface area contributed by atoms with E-state index in [1.807, 2.05) is 0 Å². The van der Waals surface area contributed by atoms with Crippen molar-refractivity contribution in [3.63, 3.8) is 0 Å². The van der Waals surface area contributed by atoms with Crippen LogP contribution < -0.4 is 16.0 Å². The number of nitrogens with one attached hydrogen (secondary N) is 3. The Labute approximate surface area is 133 Å². The molecule has 23 heavy (non-hydrogen) atoms. The Morgan fingerprint density at radius 2 is 1.52 bits per heavy atom. The Hall–Kier alpha value is -2.89. The lowest BCUT2D eigenvalue weighted by Crippen LogP contribution is -2.12. The molecule has 120 valence electrons. The lowest BCUT2D eigenvalue weighted by molar-refractivity contribution is -0.115. The van der Waals surface area contributed by atoms with Gasteiger partial charge in [-0.05, 0) is 35.9 Å². The average Bonchev–Trinajstić information content (AvgIpc) is 2.48. The fourth-order valence-corrected chi connectivity index (χ4v) is 2.05. The summed E-state index contributed by atoms with van der Waals surface area (Å²) >= 11 is 0. The van der Waals surface area contributed by atoms with Gasteiger partial charge in [-0.2, -0.15) is 0 Å². The Balaban J connectivity index is 2.13. The molecule has 2 rings (SSSR count). The summed E-state index contributed by atoms with van der Waals surface area (Å²) in [5.74, 6) is -0.725. The van der Waals surface area contributed by atoms with Gasteiger partial charge in [0, 0.05) is 26.1 Å². The molecule has 0 atom stereocenters. The van der Waals surface area contributed by atoms with Gasteiger partial charge in [0.2, 0.25) is 11.8 Å². The number of carbonyl (C=O) groups excluding carboxylic acids is 2. The van der Waals surface area contributed by atoms with Crippen molar-refractivity contribution in [1.82, 2.24) is 0 Å². The maximum atomic E-state index is 12.9. The number of benzene rings is 2. The van der Waals surface area contributed by atoms with Crippen LogP contribution in [0.5, 0.6) is 0 Å². The van der Waals surface area contributed by atoms with Crippen molar-refractivity contribution in [2.45, 2.75) is 20.4 Å². The molecule has 0 aliphatic carbocycles. The van der Waals surface area contributed by atoms with Crippen LogP contribution in [-0.4, -0.2) is 11.8 Å². The topological polar surface area (TPSA) is 70.2 Å². The summed E-state index contributed by atoms with van der Waals surface area (Å²) in [7, 11) is 0. The molecule has 0 aliphatic heterocycles. The van der Waals surface area contributed by atoms with Crippen molar-refractivity contribution in [2.24, 2.45) is 0 Å². The molecule has 0 unspecified atom stereocenters. The molecule has 5 nitrogen and oxygen atoms in total. The molecular formula is C17H18FN3O2. The lowest BCUT2D eigenvalue weighted by atomic mass is 10.2. The van der Waals surface area contributed by atoms with E-state index in [0.717, 1.165) is 11.3 Å².